The van der Waals surface area contributed by atoms with E-state index in [9.17, 15) is 4.79 Å². The molecule has 120 valence electrons. The van der Waals surface area contributed by atoms with Crippen LogP contribution in [0.3, 0.4) is 0 Å². The van der Waals surface area contributed by atoms with Crippen LogP contribution in [0.5, 0.6) is 0 Å². The number of rotatable bonds is 5. The molecule has 0 aromatic heterocycles. The van der Waals surface area contributed by atoms with Gasteiger partial charge >= 0.3 is 0 Å². The van der Waals surface area contributed by atoms with Crippen molar-refractivity contribution < 1.29 is 4.79 Å². The van der Waals surface area contributed by atoms with Gasteiger partial charge in [-0.1, -0.05) is 48.0 Å². The molecule has 2 aromatic carbocycles. The molecule has 2 aromatic rings. The van der Waals surface area contributed by atoms with E-state index in [1.54, 1.807) is 7.05 Å². The minimum atomic E-state index is -0.116. The summed E-state index contributed by atoms with van der Waals surface area (Å²) in [4.78, 5) is 16.0. The van der Waals surface area contributed by atoms with E-state index in [2.05, 4.69) is 46.1 Å². The molecule has 0 saturated carbocycles. The first-order chi connectivity index (χ1) is 11.2. The Hall–Kier alpha value is -2.82. The second-order valence-corrected chi connectivity index (χ2v) is 5.18. The molecule has 0 spiro atoms. The maximum atomic E-state index is 11.9. The van der Waals surface area contributed by atoms with Crippen molar-refractivity contribution in [2.75, 3.05) is 18.9 Å². The lowest BCUT2D eigenvalue weighted by Crippen LogP contribution is -2.41. The van der Waals surface area contributed by atoms with Gasteiger partial charge < -0.3 is 16.0 Å². The van der Waals surface area contributed by atoms with Crippen molar-refractivity contribution in [1.29, 1.82) is 0 Å². The molecule has 0 aliphatic heterocycles. The molecule has 5 heteroatoms. The number of benzene rings is 2. The van der Waals surface area contributed by atoms with Crippen molar-refractivity contribution in [2.24, 2.45) is 4.99 Å². The lowest BCUT2D eigenvalue weighted by Gasteiger charge is -2.12. The average Bonchev–Trinajstić information content (AvgIpc) is 2.56. The van der Waals surface area contributed by atoms with Gasteiger partial charge in [0.05, 0.1) is 6.54 Å². The molecule has 0 heterocycles. The van der Waals surface area contributed by atoms with Crippen LogP contribution in [-0.4, -0.2) is 25.5 Å². The van der Waals surface area contributed by atoms with E-state index in [1.807, 2.05) is 36.4 Å². The predicted molar refractivity (Wildman–Crippen MR) is 94.5 cm³/mol. The Morgan fingerprint density at radius 1 is 1.04 bits per heavy atom. The number of anilines is 1. The molecular formula is C18H22N4O. The van der Waals surface area contributed by atoms with Gasteiger partial charge in [-0.05, 0) is 24.6 Å². The summed E-state index contributed by atoms with van der Waals surface area (Å²) in [5.41, 5.74) is 3.16. The molecule has 0 saturated heterocycles. The van der Waals surface area contributed by atoms with E-state index in [1.165, 1.54) is 11.1 Å². The average molecular weight is 310 g/mol. The molecule has 23 heavy (non-hydrogen) atoms. The Bertz CT molecular complexity index is 668. The molecule has 0 atom stereocenters. The molecule has 0 fully saturated rings. The van der Waals surface area contributed by atoms with Gasteiger partial charge in [-0.3, -0.25) is 9.79 Å². The van der Waals surface area contributed by atoms with Crippen molar-refractivity contribution in [3.8, 4) is 0 Å². The first-order valence-electron chi connectivity index (χ1n) is 7.52. The Labute approximate surface area is 136 Å². The maximum absolute atomic E-state index is 11.9. The zero-order chi connectivity index (χ0) is 16.5. The minimum absolute atomic E-state index is 0.116. The van der Waals surface area contributed by atoms with Crippen LogP contribution in [0.25, 0.3) is 0 Å². The van der Waals surface area contributed by atoms with Gasteiger partial charge in [0, 0.05) is 19.3 Å². The standard InChI is InChI=1S/C18H22N4O/c1-14-7-6-8-15(11-14)12-20-18(19-2)21-13-17(23)22-16-9-4-3-5-10-16/h3-11H,12-13H2,1-2H3,(H,22,23)(H2,19,20,21). The Balaban J connectivity index is 1.77. The number of amides is 1. The van der Waals surface area contributed by atoms with E-state index in [0.29, 0.717) is 12.5 Å². The summed E-state index contributed by atoms with van der Waals surface area (Å²) < 4.78 is 0. The molecule has 0 bridgehead atoms. The molecule has 0 aliphatic carbocycles. The molecule has 3 N–H and O–H groups in total. The Morgan fingerprint density at radius 3 is 2.52 bits per heavy atom. The second-order valence-electron chi connectivity index (χ2n) is 5.18. The summed E-state index contributed by atoms with van der Waals surface area (Å²) in [5.74, 6) is 0.476. The fourth-order valence-electron chi connectivity index (χ4n) is 2.12. The summed E-state index contributed by atoms with van der Waals surface area (Å²) in [7, 11) is 1.68. The highest BCUT2D eigenvalue weighted by Crippen LogP contribution is 2.04. The van der Waals surface area contributed by atoms with E-state index >= 15 is 0 Å². The van der Waals surface area contributed by atoms with Crippen LogP contribution >= 0.6 is 0 Å². The first-order valence-corrected chi connectivity index (χ1v) is 7.52. The Kier molecular flexibility index (Phi) is 6.17. The number of hydrogen-bond donors (Lipinski definition) is 3. The van der Waals surface area contributed by atoms with Crippen molar-refractivity contribution in [3.63, 3.8) is 0 Å². The summed E-state index contributed by atoms with van der Waals surface area (Å²) >= 11 is 0. The van der Waals surface area contributed by atoms with E-state index < -0.39 is 0 Å². The quantitative estimate of drug-likeness (QED) is 0.586. The van der Waals surface area contributed by atoms with Crippen LogP contribution < -0.4 is 16.0 Å². The van der Waals surface area contributed by atoms with Crippen LogP contribution in [0.1, 0.15) is 11.1 Å². The Morgan fingerprint density at radius 2 is 1.83 bits per heavy atom. The third kappa shape index (κ3) is 5.82. The molecule has 0 radical (unpaired) electrons. The van der Waals surface area contributed by atoms with Crippen molar-refractivity contribution >= 4 is 17.6 Å². The number of carbonyl (C=O) groups excluding carboxylic acids is 1. The predicted octanol–water partition coefficient (Wildman–Crippen LogP) is 2.30. The highest BCUT2D eigenvalue weighted by atomic mass is 16.1. The SMILES string of the molecule is CN=C(NCC(=O)Nc1ccccc1)NCc1cccc(C)c1. The van der Waals surface area contributed by atoms with E-state index in [0.717, 1.165) is 5.69 Å². The molecule has 1 amide bonds. The number of nitrogens with zero attached hydrogens (tertiary/aromatic N) is 1. The van der Waals surface area contributed by atoms with Crippen LogP contribution in [0.2, 0.25) is 0 Å². The van der Waals surface area contributed by atoms with Crippen molar-refractivity contribution in [2.45, 2.75) is 13.5 Å². The molecular weight excluding hydrogens is 288 g/mol. The van der Waals surface area contributed by atoms with Crippen LogP contribution in [0.4, 0.5) is 5.69 Å². The van der Waals surface area contributed by atoms with Gasteiger partial charge in [0.1, 0.15) is 0 Å². The normalized spacial score (nSPS) is 11.0. The summed E-state index contributed by atoms with van der Waals surface area (Å²) in [6.07, 6.45) is 0. The molecule has 0 unspecified atom stereocenters. The van der Waals surface area contributed by atoms with Gasteiger partial charge in [-0.15, -0.1) is 0 Å². The zero-order valence-electron chi connectivity index (χ0n) is 13.5. The molecule has 2 rings (SSSR count). The highest BCUT2D eigenvalue weighted by Gasteiger charge is 2.04. The number of para-hydroxylation sites is 1. The van der Waals surface area contributed by atoms with Gasteiger partial charge in [0.15, 0.2) is 5.96 Å². The molecule has 0 aliphatic rings. The fraction of sp³-hybridized carbons (Fsp3) is 0.222. The van der Waals surface area contributed by atoms with Crippen molar-refractivity contribution in [1.82, 2.24) is 10.6 Å². The van der Waals surface area contributed by atoms with Crippen LogP contribution in [0.15, 0.2) is 59.6 Å². The fourth-order valence-corrected chi connectivity index (χ4v) is 2.12. The monoisotopic (exact) mass is 310 g/mol. The van der Waals surface area contributed by atoms with E-state index in [-0.39, 0.29) is 12.5 Å². The van der Waals surface area contributed by atoms with Gasteiger partial charge in [0.2, 0.25) is 5.91 Å². The van der Waals surface area contributed by atoms with Crippen LogP contribution in [0, 0.1) is 6.92 Å². The smallest absolute Gasteiger partial charge is 0.243 e. The van der Waals surface area contributed by atoms with E-state index in [4.69, 9.17) is 0 Å². The number of hydrogen-bond acceptors (Lipinski definition) is 2. The highest BCUT2D eigenvalue weighted by molar-refractivity contribution is 5.94. The third-order valence-corrected chi connectivity index (χ3v) is 3.24. The molecule has 5 nitrogen and oxygen atoms in total. The third-order valence-electron chi connectivity index (χ3n) is 3.24. The second kappa shape index (κ2) is 8.58. The first kappa shape index (κ1) is 16.5. The number of guanidine groups is 1. The summed E-state index contributed by atoms with van der Waals surface area (Å²) in [6.45, 7) is 2.87. The zero-order valence-corrected chi connectivity index (χ0v) is 13.5. The summed E-state index contributed by atoms with van der Waals surface area (Å²) in [6, 6.07) is 17.6. The van der Waals surface area contributed by atoms with Gasteiger partial charge in [-0.25, -0.2) is 0 Å². The van der Waals surface area contributed by atoms with Gasteiger partial charge in [-0.2, -0.15) is 0 Å². The van der Waals surface area contributed by atoms with Gasteiger partial charge in [0.25, 0.3) is 0 Å². The number of nitrogens with one attached hydrogen (secondary N) is 3. The summed E-state index contributed by atoms with van der Waals surface area (Å²) in [5, 5.41) is 9.01. The number of carbonyl (C=O) groups is 1. The van der Waals surface area contributed by atoms with Crippen molar-refractivity contribution in [3.05, 3.63) is 65.7 Å². The number of aliphatic imine (C=N–C) groups is 1. The van der Waals surface area contributed by atoms with Crippen LogP contribution in [-0.2, 0) is 11.3 Å². The maximum Gasteiger partial charge on any atom is 0.243 e. The largest absolute Gasteiger partial charge is 0.352 e. The lowest BCUT2D eigenvalue weighted by molar-refractivity contribution is -0.115. The minimum Gasteiger partial charge on any atom is -0.352 e. The number of aryl methyl sites for hydroxylation is 1. The topological polar surface area (TPSA) is 65.5 Å². The lowest BCUT2D eigenvalue weighted by atomic mass is 10.1.